The smallest absolute Gasteiger partial charge is 0.277 e. The normalized spacial score (nSPS) is 15.8. The number of halogens is 3. The number of nitrogens with zero attached hydrogens (tertiary/aromatic N) is 4. The summed E-state index contributed by atoms with van der Waals surface area (Å²) in [5.74, 6) is -3.07. The monoisotopic (exact) mass is 536 g/mol. The molecule has 0 aromatic carbocycles. The highest BCUT2D eigenvalue weighted by atomic mass is 35.5. The fraction of sp³-hybridized carbons (Fsp3) is 0.231. The van der Waals surface area contributed by atoms with E-state index in [-0.39, 0.29) is 17.2 Å². The first-order valence-corrected chi connectivity index (χ1v) is 10.8. The first-order valence-electron chi connectivity index (χ1n) is 14.5. The summed E-state index contributed by atoms with van der Waals surface area (Å²) in [5, 5.41) is 10.3. The van der Waals surface area contributed by atoms with E-state index >= 15 is 0 Å². The van der Waals surface area contributed by atoms with Crippen molar-refractivity contribution in [1.29, 1.82) is 0 Å². The summed E-state index contributed by atoms with van der Waals surface area (Å²) in [5.41, 5.74) is -6.91. The van der Waals surface area contributed by atoms with E-state index in [0.29, 0.717) is 17.8 Å². The van der Waals surface area contributed by atoms with Crippen LogP contribution in [-0.2, 0) is 12.2 Å². The van der Waals surface area contributed by atoms with Gasteiger partial charge in [-0.1, -0.05) is 11.6 Å². The van der Waals surface area contributed by atoms with Gasteiger partial charge in [0.2, 0.25) is 0 Å². The highest BCUT2D eigenvalue weighted by molar-refractivity contribution is 6.31. The van der Waals surface area contributed by atoms with Crippen LogP contribution in [0.15, 0.2) is 58.5 Å². The van der Waals surface area contributed by atoms with Gasteiger partial charge in [0.1, 0.15) is 34.7 Å². The molecule has 0 unspecified atom stereocenters. The minimum atomic E-state index is -3.53. The molecular formula is C26H23ClF2N4O4. The van der Waals surface area contributed by atoms with Crippen molar-refractivity contribution >= 4 is 11.6 Å². The molecule has 0 bridgehead atoms. The number of rotatable bonds is 6. The molecule has 0 aliphatic carbocycles. The van der Waals surface area contributed by atoms with Crippen molar-refractivity contribution in [2.24, 2.45) is 0 Å². The zero-order valence-electron chi connectivity index (χ0n) is 27.2. The first kappa shape index (κ1) is 17.5. The van der Waals surface area contributed by atoms with E-state index in [2.05, 4.69) is 9.97 Å². The number of ether oxygens (including phenoxy) is 1. The Labute approximate surface area is 226 Å². The molecular weight excluding hydrogens is 506 g/mol. The van der Waals surface area contributed by atoms with Crippen molar-refractivity contribution in [2.45, 2.75) is 39.7 Å². The van der Waals surface area contributed by atoms with Crippen molar-refractivity contribution in [1.82, 2.24) is 19.1 Å². The number of aromatic nitrogens is 4. The van der Waals surface area contributed by atoms with Crippen molar-refractivity contribution in [3.05, 3.63) is 109 Å². The Balaban J connectivity index is 1.84. The van der Waals surface area contributed by atoms with Gasteiger partial charge in [-0.3, -0.25) is 23.7 Å². The SMILES string of the molecule is [2H]C([2H])(Oc1cc(C)n(-c2cc(-n3cccc(C(O)(C([2H])([2H])[2H])C([2H])([2H])[2H])c3=O)ncc2C)c(=O)c1Cl)c1ncc(F)cc1F. The van der Waals surface area contributed by atoms with Crippen LogP contribution < -0.4 is 15.9 Å². The Kier molecular flexibility index (Phi) is 4.68. The fourth-order valence-electron chi connectivity index (χ4n) is 3.47. The van der Waals surface area contributed by atoms with E-state index in [0.717, 1.165) is 27.5 Å². The number of pyridine rings is 4. The second-order valence-corrected chi connectivity index (χ2v) is 8.31. The maximum Gasteiger partial charge on any atom is 0.277 e. The minimum Gasteiger partial charge on any atom is -0.485 e. The Bertz CT molecular complexity index is 1920. The van der Waals surface area contributed by atoms with Crippen molar-refractivity contribution < 1.29 is 29.6 Å². The third-order valence-electron chi connectivity index (χ3n) is 5.25. The predicted octanol–water partition coefficient (Wildman–Crippen LogP) is 4.13. The van der Waals surface area contributed by atoms with Crippen molar-refractivity contribution in [3.63, 3.8) is 0 Å². The molecule has 11 heteroatoms. The van der Waals surface area contributed by atoms with E-state index in [1.54, 1.807) is 6.92 Å². The van der Waals surface area contributed by atoms with Gasteiger partial charge in [-0.2, -0.15) is 0 Å². The lowest BCUT2D eigenvalue weighted by atomic mass is 10.0. The van der Waals surface area contributed by atoms with Crippen LogP contribution in [0.2, 0.25) is 5.02 Å². The van der Waals surface area contributed by atoms with Crippen LogP contribution in [0.25, 0.3) is 11.5 Å². The summed E-state index contributed by atoms with van der Waals surface area (Å²) in [4.78, 5) is 34.4. The van der Waals surface area contributed by atoms with E-state index in [1.165, 1.54) is 25.3 Å². The van der Waals surface area contributed by atoms with Gasteiger partial charge < -0.3 is 9.84 Å². The maximum absolute atomic E-state index is 14.2. The second-order valence-electron chi connectivity index (χ2n) is 7.93. The van der Waals surface area contributed by atoms with Crippen molar-refractivity contribution in [3.8, 4) is 17.3 Å². The van der Waals surface area contributed by atoms with Crippen LogP contribution in [0.3, 0.4) is 0 Å². The topological polar surface area (TPSA) is 99.2 Å². The van der Waals surface area contributed by atoms with E-state index < -0.39 is 70.6 Å². The molecule has 0 spiro atoms. The second kappa shape index (κ2) is 9.87. The molecule has 0 aliphatic rings. The van der Waals surface area contributed by atoms with Crippen LogP contribution in [0, 0.1) is 25.5 Å². The van der Waals surface area contributed by atoms with Crippen LogP contribution >= 0.6 is 11.6 Å². The molecule has 4 heterocycles. The molecule has 0 atom stereocenters. The first-order chi connectivity index (χ1) is 20.6. The Morgan fingerprint density at radius 1 is 1.16 bits per heavy atom. The van der Waals surface area contributed by atoms with Gasteiger partial charge in [0.15, 0.2) is 5.82 Å². The lowest BCUT2D eigenvalue weighted by Crippen LogP contribution is -2.31. The molecule has 4 aromatic heterocycles. The van der Waals surface area contributed by atoms with Gasteiger partial charge in [0.25, 0.3) is 11.1 Å². The standard InChI is InChI=1S/C26H23ClF2N4O4/c1-14-11-31-22(32-7-5-6-17(24(32)34)26(3,4)36)10-20(14)33-15(2)8-21(23(27)25(33)35)37-13-19-18(29)9-16(28)12-30-19/h5-12,36H,13H2,1-4H3/i3D3,4D3,13D2. The van der Waals surface area contributed by atoms with Gasteiger partial charge in [-0.05, 0) is 45.2 Å². The number of hydrogen-bond acceptors (Lipinski definition) is 6. The molecule has 0 aliphatic heterocycles. The molecule has 4 aromatic rings. The van der Waals surface area contributed by atoms with Gasteiger partial charge in [0, 0.05) is 50.1 Å². The molecule has 0 amide bonds. The zero-order chi connectivity index (χ0) is 33.9. The van der Waals surface area contributed by atoms with Crippen LogP contribution in [0.5, 0.6) is 5.75 Å². The quantitative estimate of drug-likeness (QED) is 0.398. The predicted molar refractivity (Wildman–Crippen MR) is 134 cm³/mol. The Morgan fingerprint density at radius 2 is 1.92 bits per heavy atom. The summed E-state index contributed by atoms with van der Waals surface area (Å²) in [7, 11) is 0. The molecule has 0 saturated heterocycles. The summed E-state index contributed by atoms with van der Waals surface area (Å²) < 4.78 is 96.8. The van der Waals surface area contributed by atoms with Crippen LogP contribution in [-0.4, -0.2) is 24.2 Å². The number of aryl methyl sites for hydroxylation is 2. The highest BCUT2D eigenvalue weighted by Gasteiger charge is 2.22. The average Bonchev–Trinajstić information content (AvgIpc) is 2.91. The van der Waals surface area contributed by atoms with Gasteiger partial charge >= 0.3 is 0 Å². The largest absolute Gasteiger partial charge is 0.485 e. The molecule has 37 heavy (non-hydrogen) atoms. The Morgan fingerprint density at radius 3 is 2.62 bits per heavy atom. The molecule has 192 valence electrons. The van der Waals surface area contributed by atoms with Crippen molar-refractivity contribution in [2.75, 3.05) is 0 Å². The Hall–Kier alpha value is -3.89. The summed E-state index contributed by atoms with van der Waals surface area (Å²) >= 11 is 6.27. The molecule has 8 nitrogen and oxygen atoms in total. The van der Waals surface area contributed by atoms with E-state index in [4.69, 9.17) is 27.3 Å². The summed E-state index contributed by atoms with van der Waals surface area (Å²) in [6, 6.07) is 4.85. The molecule has 0 radical (unpaired) electrons. The minimum absolute atomic E-state index is 0.101. The lowest BCUT2D eigenvalue weighted by molar-refractivity contribution is 0.0767. The third kappa shape index (κ3) is 5.16. The van der Waals surface area contributed by atoms with Gasteiger partial charge in [0.05, 0.1) is 20.2 Å². The molecule has 0 fully saturated rings. The van der Waals surface area contributed by atoms with E-state index in [9.17, 15) is 23.5 Å². The van der Waals surface area contributed by atoms with Gasteiger partial charge in [-0.25, -0.2) is 13.8 Å². The lowest BCUT2D eigenvalue weighted by Gasteiger charge is -2.19. The van der Waals surface area contributed by atoms with Crippen LogP contribution in [0.1, 0.15) is 47.2 Å². The molecule has 4 rings (SSSR count). The number of aliphatic hydroxyl groups is 1. The maximum atomic E-state index is 14.2. The zero-order valence-corrected chi connectivity index (χ0v) is 20.0. The highest BCUT2D eigenvalue weighted by Crippen LogP contribution is 2.26. The third-order valence-corrected chi connectivity index (χ3v) is 5.60. The van der Waals surface area contributed by atoms with E-state index in [1.807, 2.05) is 0 Å². The van der Waals surface area contributed by atoms with Crippen LogP contribution in [0.4, 0.5) is 8.78 Å². The average molecular weight is 537 g/mol. The number of hydrogen-bond donors (Lipinski definition) is 1. The van der Waals surface area contributed by atoms with Gasteiger partial charge in [-0.15, -0.1) is 0 Å². The fourth-order valence-corrected chi connectivity index (χ4v) is 3.65. The molecule has 1 N–H and O–H groups in total. The summed E-state index contributed by atoms with van der Waals surface area (Å²) in [6.07, 6.45) is 2.99. The molecule has 0 saturated carbocycles. The summed E-state index contributed by atoms with van der Waals surface area (Å²) in [6.45, 7) is -7.05.